The van der Waals surface area contributed by atoms with E-state index in [2.05, 4.69) is 16.8 Å². The van der Waals surface area contributed by atoms with Crippen LogP contribution in [0.1, 0.15) is 37.7 Å². The van der Waals surface area contributed by atoms with Crippen LogP contribution in [0, 0.1) is 5.92 Å². The first-order valence-corrected chi connectivity index (χ1v) is 6.55. The van der Waals surface area contributed by atoms with Crippen molar-refractivity contribution >= 4 is 11.3 Å². The van der Waals surface area contributed by atoms with Crippen molar-refractivity contribution in [2.24, 2.45) is 11.7 Å². The van der Waals surface area contributed by atoms with Gasteiger partial charge in [-0.25, -0.2) is 0 Å². The second kappa shape index (κ2) is 4.94. The van der Waals surface area contributed by atoms with E-state index in [4.69, 9.17) is 5.73 Å². The number of nitrogens with two attached hydrogens (primary N) is 1. The van der Waals surface area contributed by atoms with E-state index in [1.54, 1.807) is 11.3 Å². The normalized spacial score (nSPS) is 19.2. The third kappa shape index (κ3) is 2.82. The highest BCUT2D eigenvalue weighted by Gasteiger charge is 2.19. The predicted molar refractivity (Wildman–Crippen MR) is 62.6 cm³/mol. The van der Waals surface area contributed by atoms with Crippen LogP contribution in [0.2, 0.25) is 0 Å². The van der Waals surface area contributed by atoms with Crippen LogP contribution in [-0.2, 0) is 6.42 Å². The van der Waals surface area contributed by atoms with Crippen molar-refractivity contribution in [2.75, 3.05) is 0 Å². The van der Waals surface area contributed by atoms with Gasteiger partial charge in [-0.05, 0) is 47.6 Å². The van der Waals surface area contributed by atoms with E-state index >= 15 is 0 Å². The molecule has 2 heteroatoms. The Hall–Kier alpha value is -0.340. The SMILES string of the molecule is NC(CCc1ccsc1)CC1CCC1. The summed E-state index contributed by atoms with van der Waals surface area (Å²) < 4.78 is 0. The monoisotopic (exact) mass is 209 g/mol. The molecule has 0 amide bonds. The van der Waals surface area contributed by atoms with Gasteiger partial charge in [0.15, 0.2) is 0 Å². The lowest BCUT2D eigenvalue weighted by Gasteiger charge is -2.27. The smallest absolute Gasteiger partial charge is 0.00446 e. The number of rotatable bonds is 5. The maximum atomic E-state index is 6.10. The maximum Gasteiger partial charge on any atom is 0.00446 e. The summed E-state index contributed by atoms with van der Waals surface area (Å²) in [5, 5.41) is 4.38. The van der Waals surface area contributed by atoms with Gasteiger partial charge in [0.25, 0.3) is 0 Å². The van der Waals surface area contributed by atoms with Gasteiger partial charge in [0.1, 0.15) is 0 Å². The van der Waals surface area contributed by atoms with Crippen LogP contribution in [0.3, 0.4) is 0 Å². The minimum atomic E-state index is 0.431. The van der Waals surface area contributed by atoms with E-state index in [-0.39, 0.29) is 0 Å². The van der Waals surface area contributed by atoms with Gasteiger partial charge in [-0.3, -0.25) is 0 Å². The van der Waals surface area contributed by atoms with Gasteiger partial charge >= 0.3 is 0 Å². The molecule has 0 aliphatic heterocycles. The van der Waals surface area contributed by atoms with Crippen molar-refractivity contribution in [2.45, 2.75) is 44.6 Å². The van der Waals surface area contributed by atoms with E-state index in [0.717, 1.165) is 18.8 Å². The van der Waals surface area contributed by atoms with Crippen LogP contribution < -0.4 is 5.73 Å². The molecule has 2 rings (SSSR count). The first kappa shape index (κ1) is 10.2. The summed E-state index contributed by atoms with van der Waals surface area (Å²) in [5.74, 6) is 0.951. The molecule has 1 saturated carbocycles. The Morgan fingerprint density at radius 3 is 2.93 bits per heavy atom. The molecule has 2 N–H and O–H groups in total. The summed E-state index contributed by atoms with van der Waals surface area (Å²) in [4.78, 5) is 0. The standard InChI is InChI=1S/C12H19NS/c13-12(8-10-2-1-3-10)5-4-11-6-7-14-9-11/h6-7,9-10,12H,1-5,8,13H2. The highest BCUT2D eigenvalue weighted by Crippen LogP contribution is 2.30. The van der Waals surface area contributed by atoms with Crippen LogP contribution in [0.15, 0.2) is 16.8 Å². The molecule has 0 saturated heterocycles. The summed E-state index contributed by atoms with van der Waals surface area (Å²) in [6.45, 7) is 0. The summed E-state index contributed by atoms with van der Waals surface area (Å²) in [6, 6.07) is 2.64. The Bertz CT molecular complexity index is 251. The topological polar surface area (TPSA) is 26.0 Å². The summed E-state index contributed by atoms with van der Waals surface area (Å²) in [6.07, 6.45) is 7.86. The maximum absolute atomic E-state index is 6.10. The van der Waals surface area contributed by atoms with Crippen LogP contribution in [0.5, 0.6) is 0 Å². The Labute approximate surface area is 90.3 Å². The number of aryl methyl sites for hydroxylation is 1. The van der Waals surface area contributed by atoms with Crippen LogP contribution >= 0.6 is 11.3 Å². The van der Waals surface area contributed by atoms with Crippen molar-refractivity contribution in [1.82, 2.24) is 0 Å². The molecule has 1 fully saturated rings. The van der Waals surface area contributed by atoms with Gasteiger partial charge in [0.05, 0.1) is 0 Å². The molecule has 0 radical (unpaired) electrons. The quantitative estimate of drug-likeness (QED) is 0.792. The summed E-state index contributed by atoms with van der Waals surface area (Å²) in [7, 11) is 0. The first-order valence-electron chi connectivity index (χ1n) is 5.61. The van der Waals surface area contributed by atoms with Crippen molar-refractivity contribution in [3.8, 4) is 0 Å². The van der Waals surface area contributed by atoms with E-state index in [1.165, 1.54) is 31.2 Å². The second-order valence-electron chi connectivity index (χ2n) is 4.46. The van der Waals surface area contributed by atoms with E-state index in [1.807, 2.05) is 0 Å². The molecule has 0 spiro atoms. The van der Waals surface area contributed by atoms with Crippen molar-refractivity contribution in [3.63, 3.8) is 0 Å². The van der Waals surface area contributed by atoms with Gasteiger partial charge in [0.2, 0.25) is 0 Å². The Balaban J connectivity index is 1.64. The summed E-state index contributed by atoms with van der Waals surface area (Å²) in [5.41, 5.74) is 7.56. The number of thiophene rings is 1. The lowest BCUT2D eigenvalue weighted by atomic mass is 9.80. The number of hydrogen-bond donors (Lipinski definition) is 1. The molecule has 1 unspecified atom stereocenters. The van der Waals surface area contributed by atoms with Gasteiger partial charge < -0.3 is 5.73 Å². The number of hydrogen-bond acceptors (Lipinski definition) is 2. The fraction of sp³-hybridized carbons (Fsp3) is 0.667. The van der Waals surface area contributed by atoms with Gasteiger partial charge in [-0.1, -0.05) is 19.3 Å². The highest BCUT2D eigenvalue weighted by molar-refractivity contribution is 7.07. The first-order chi connectivity index (χ1) is 6.84. The molecule has 1 nitrogen and oxygen atoms in total. The molecule has 0 aromatic carbocycles. The lowest BCUT2D eigenvalue weighted by molar-refractivity contribution is 0.272. The van der Waals surface area contributed by atoms with Crippen molar-refractivity contribution in [1.29, 1.82) is 0 Å². The third-order valence-electron chi connectivity index (χ3n) is 3.24. The molecule has 1 heterocycles. The molecular weight excluding hydrogens is 190 g/mol. The van der Waals surface area contributed by atoms with E-state index < -0.39 is 0 Å². The zero-order chi connectivity index (χ0) is 9.80. The van der Waals surface area contributed by atoms with E-state index in [0.29, 0.717) is 6.04 Å². The molecule has 1 aliphatic rings. The fourth-order valence-corrected chi connectivity index (χ4v) is 2.76. The molecule has 1 aromatic heterocycles. The lowest BCUT2D eigenvalue weighted by Crippen LogP contribution is -2.27. The van der Waals surface area contributed by atoms with E-state index in [9.17, 15) is 0 Å². The van der Waals surface area contributed by atoms with Gasteiger partial charge in [-0.2, -0.15) is 11.3 Å². The highest BCUT2D eigenvalue weighted by atomic mass is 32.1. The van der Waals surface area contributed by atoms with Crippen LogP contribution in [0.25, 0.3) is 0 Å². The fourth-order valence-electron chi connectivity index (χ4n) is 2.06. The Kier molecular flexibility index (Phi) is 3.60. The van der Waals surface area contributed by atoms with Gasteiger partial charge in [0, 0.05) is 6.04 Å². The molecular formula is C12H19NS. The zero-order valence-corrected chi connectivity index (χ0v) is 9.43. The van der Waals surface area contributed by atoms with Gasteiger partial charge in [-0.15, -0.1) is 0 Å². The average Bonchev–Trinajstić information content (AvgIpc) is 2.60. The molecule has 0 bridgehead atoms. The molecule has 14 heavy (non-hydrogen) atoms. The zero-order valence-electron chi connectivity index (χ0n) is 8.61. The Morgan fingerprint density at radius 1 is 1.50 bits per heavy atom. The minimum Gasteiger partial charge on any atom is -0.328 e. The predicted octanol–water partition coefficient (Wildman–Crippen LogP) is 3.20. The van der Waals surface area contributed by atoms with Crippen molar-refractivity contribution < 1.29 is 0 Å². The molecule has 1 atom stereocenters. The Morgan fingerprint density at radius 2 is 2.36 bits per heavy atom. The second-order valence-corrected chi connectivity index (χ2v) is 5.24. The van der Waals surface area contributed by atoms with Crippen LogP contribution in [0.4, 0.5) is 0 Å². The van der Waals surface area contributed by atoms with Crippen molar-refractivity contribution in [3.05, 3.63) is 22.4 Å². The third-order valence-corrected chi connectivity index (χ3v) is 3.98. The molecule has 1 aromatic rings. The molecule has 1 aliphatic carbocycles. The largest absolute Gasteiger partial charge is 0.328 e. The minimum absolute atomic E-state index is 0.431. The summed E-state index contributed by atoms with van der Waals surface area (Å²) >= 11 is 1.78. The molecule has 78 valence electrons. The van der Waals surface area contributed by atoms with Crippen LogP contribution in [-0.4, -0.2) is 6.04 Å². The average molecular weight is 209 g/mol.